The standard InChI is InChI=1S/C18H21BrN2/c1-13-5-7-16(11-17(13)19)20-12-14-6-8-18-15(10-14)4-3-9-21(18)2/h5-8,10-11,20H,3-4,9,12H2,1-2H3. The lowest BCUT2D eigenvalue weighted by atomic mass is 9.99. The molecular weight excluding hydrogens is 324 g/mol. The van der Waals surface area contributed by atoms with Crippen LogP contribution in [0, 0.1) is 6.92 Å². The molecule has 21 heavy (non-hydrogen) atoms. The van der Waals surface area contributed by atoms with Gasteiger partial charge in [-0.05, 0) is 54.7 Å². The maximum Gasteiger partial charge on any atom is 0.0400 e. The molecule has 1 heterocycles. The molecule has 1 aliphatic heterocycles. The molecule has 0 saturated heterocycles. The van der Waals surface area contributed by atoms with Crippen molar-refractivity contribution in [2.45, 2.75) is 26.3 Å². The summed E-state index contributed by atoms with van der Waals surface area (Å²) in [5.41, 5.74) is 6.64. The minimum Gasteiger partial charge on any atom is -0.381 e. The minimum absolute atomic E-state index is 0.868. The van der Waals surface area contributed by atoms with Gasteiger partial charge in [-0.15, -0.1) is 0 Å². The average molecular weight is 345 g/mol. The molecule has 2 aromatic rings. The first-order valence-corrected chi connectivity index (χ1v) is 8.26. The van der Waals surface area contributed by atoms with Gasteiger partial charge in [-0.3, -0.25) is 0 Å². The van der Waals surface area contributed by atoms with E-state index in [1.54, 1.807) is 0 Å². The van der Waals surface area contributed by atoms with Gasteiger partial charge < -0.3 is 10.2 Å². The summed E-state index contributed by atoms with van der Waals surface area (Å²) in [6.45, 7) is 4.14. The number of benzene rings is 2. The van der Waals surface area contributed by atoms with Crippen LogP contribution in [0.15, 0.2) is 40.9 Å². The van der Waals surface area contributed by atoms with Gasteiger partial charge in [0.2, 0.25) is 0 Å². The maximum absolute atomic E-state index is 3.58. The number of hydrogen-bond donors (Lipinski definition) is 1. The van der Waals surface area contributed by atoms with Crippen molar-refractivity contribution < 1.29 is 0 Å². The Morgan fingerprint density at radius 1 is 1.19 bits per heavy atom. The van der Waals surface area contributed by atoms with Gasteiger partial charge in [-0.1, -0.05) is 34.1 Å². The third-order valence-electron chi connectivity index (χ3n) is 4.16. The lowest BCUT2D eigenvalue weighted by Gasteiger charge is -2.27. The molecule has 0 amide bonds. The molecule has 0 saturated carbocycles. The normalized spacial score (nSPS) is 14.0. The largest absolute Gasteiger partial charge is 0.381 e. The van der Waals surface area contributed by atoms with Gasteiger partial charge in [0.05, 0.1) is 0 Å². The minimum atomic E-state index is 0.868. The maximum atomic E-state index is 3.58. The third-order valence-corrected chi connectivity index (χ3v) is 5.02. The van der Waals surface area contributed by atoms with Crippen LogP contribution in [0.1, 0.15) is 23.1 Å². The van der Waals surface area contributed by atoms with E-state index in [1.807, 2.05) is 0 Å². The van der Waals surface area contributed by atoms with Gasteiger partial charge in [-0.25, -0.2) is 0 Å². The van der Waals surface area contributed by atoms with Gasteiger partial charge in [0.25, 0.3) is 0 Å². The lowest BCUT2D eigenvalue weighted by Crippen LogP contribution is -2.24. The van der Waals surface area contributed by atoms with Gasteiger partial charge in [0.15, 0.2) is 0 Å². The molecule has 0 spiro atoms. The monoisotopic (exact) mass is 344 g/mol. The van der Waals surface area contributed by atoms with Crippen LogP contribution in [0.25, 0.3) is 0 Å². The van der Waals surface area contributed by atoms with Crippen molar-refractivity contribution in [3.8, 4) is 0 Å². The predicted octanol–water partition coefficient (Wildman–Crippen LogP) is 4.75. The van der Waals surface area contributed by atoms with E-state index < -0.39 is 0 Å². The van der Waals surface area contributed by atoms with Crippen LogP contribution in [-0.2, 0) is 13.0 Å². The SMILES string of the molecule is Cc1ccc(NCc2ccc3c(c2)CCCN3C)cc1Br. The van der Waals surface area contributed by atoms with Crippen LogP contribution in [0.2, 0.25) is 0 Å². The molecule has 1 aliphatic rings. The van der Waals surface area contributed by atoms with E-state index in [0.29, 0.717) is 0 Å². The van der Waals surface area contributed by atoms with Crippen molar-refractivity contribution in [2.24, 2.45) is 0 Å². The Hall–Kier alpha value is -1.48. The van der Waals surface area contributed by atoms with Crippen molar-refractivity contribution in [1.82, 2.24) is 0 Å². The number of nitrogens with one attached hydrogen (secondary N) is 1. The molecule has 2 nitrogen and oxygen atoms in total. The van der Waals surface area contributed by atoms with Crippen molar-refractivity contribution in [3.05, 3.63) is 57.6 Å². The zero-order valence-corrected chi connectivity index (χ0v) is 14.2. The predicted molar refractivity (Wildman–Crippen MR) is 94.2 cm³/mol. The summed E-state index contributed by atoms with van der Waals surface area (Å²) in [7, 11) is 2.18. The summed E-state index contributed by atoms with van der Waals surface area (Å²) in [5, 5.41) is 3.50. The van der Waals surface area contributed by atoms with Crippen molar-refractivity contribution in [1.29, 1.82) is 0 Å². The van der Waals surface area contributed by atoms with Gasteiger partial charge in [-0.2, -0.15) is 0 Å². The van der Waals surface area contributed by atoms with E-state index in [1.165, 1.54) is 41.8 Å². The van der Waals surface area contributed by atoms with Crippen LogP contribution < -0.4 is 10.2 Å². The third kappa shape index (κ3) is 3.24. The van der Waals surface area contributed by atoms with Crippen molar-refractivity contribution in [2.75, 3.05) is 23.8 Å². The molecule has 110 valence electrons. The molecule has 1 N–H and O–H groups in total. The van der Waals surface area contributed by atoms with E-state index in [4.69, 9.17) is 0 Å². The summed E-state index contributed by atoms with van der Waals surface area (Å²) in [5.74, 6) is 0. The van der Waals surface area contributed by atoms with E-state index in [-0.39, 0.29) is 0 Å². The number of nitrogens with zero attached hydrogens (tertiary/aromatic N) is 1. The highest BCUT2D eigenvalue weighted by Gasteiger charge is 2.13. The summed E-state index contributed by atoms with van der Waals surface area (Å²) in [6, 6.07) is 13.2. The number of anilines is 2. The number of aryl methyl sites for hydroxylation is 2. The Morgan fingerprint density at radius 2 is 2.05 bits per heavy atom. The highest BCUT2D eigenvalue weighted by atomic mass is 79.9. The van der Waals surface area contributed by atoms with Crippen molar-refractivity contribution in [3.63, 3.8) is 0 Å². The molecule has 0 aliphatic carbocycles. The quantitative estimate of drug-likeness (QED) is 0.863. The molecule has 0 fully saturated rings. The highest BCUT2D eigenvalue weighted by Crippen LogP contribution is 2.27. The van der Waals surface area contributed by atoms with E-state index in [9.17, 15) is 0 Å². The molecule has 0 aromatic heterocycles. The molecule has 0 atom stereocenters. The lowest BCUT2D eigenvalue weighted by molar-refractivity contribution is 0.743. The van der Waals surface area contributed by atoms with Gasteiger partial charge >= 0.3 is 0 Å². The zero-order chi connectivity index (χ0) is 14.8. The smallest absolute Gasteiger partial charge is 0.0400 e. The summed E-state index contributed by atoms with van der Waals surface area (Å²) < 4.78 is 1.15. The van der Waals surface area contributed by atoms with Gasteiger partial charge in [0.1, 0.15) is 0 Å². The topological polar surface area (TPSA) is 15.3 Å². The fraction of sp³-hybridized carbons (Fsp3) is 0.333. The molecular formula is C18H21BrN2. The van der Waals surface area contributed by atoms with E-state index >= 15 is 0 Å². The number of fused-ring (bicyclic) bond motifs is 1. The Balaban J connectivity index is 1.72. The Bertz CT molecular complexity index is 652. The first-order valence-electron chi connectivity index (χ1n) is 7.46. The summed E-state index contributed by atoms with van der Waals surface area (Å²) in [6.07, 6.45) is 2.45. The van der Waals surface area contributed by atoms with Gasteiger partial charge in [0, 0.05) is 36.0 Å². The number of hydrogen-bond acceptors (Lipinski definition) is 2. The average Bonchev–Trinajstić information content (AvgIpc) is 2.49. The molecule has 0 bridgehead atoms. The van der Waals surface area contributed by atoms with E-state index in [0.717, 1.165) is 16.7 Å². The summed E-state index contributed by atoms with van der Waals surface area (Å²) in [4.78, 5) is 2.35. The Morgan fingerprint density at radius 3 is 2.86 bits per heavy atom. The first-order chi connectivity index (χ1) is 10.1. The van der Waals surface area contributed by atoms with Crippen LogP contribution in [0.3, 0.4) is 0 Å². The van der Waals surface area contributed by atoms with Crippen LogP contribution >= 0.6 is 15.9 Å². The zero-order valence-electron chi connectivity index (χ0n) is 12.6. The van der Waals surface area contributed by atoms with Crippen LogP contribution in [0.5, 0.6) is 0 Å². The Kier molecular flexibility index (Phi) is 4.20. The van der Waals surface area contributed by atoms with E-state index in [2.05, 4.69) is 76.5 Å². The molecule has 0 unspecified atom stereocenters. The number of rotatable bonds is 3. The molecule has 3 heteroatoms. The first kappa shape index (κ1) is 14.5. The highest BCUT2D eigenvalue weighted by molar-refractivity contribution is 9.10. The Labute approximate surface area is 135 Å². The fourth-order valence-electron chi connectivity index (χ4n) is 2.86. The van der Waals surface area contributed by atoms with Crippen LogP contribution in [0.4, 0.5) is 11.4 Å². The second-order valence-electron chi connectivity index (χ2n) is 5.81. The molecule has 3 rings (SSSR count). The molecule has 2 aromatic carbocycles. The fourth-order valence-corrected chi connectivity index (χ4v) is 3.23. The second kappa shape index (κ2) is 6.10. The molecule has 0 radical (unpaired) electrons. The second-order valence-corrected chi connectivity index (χ2v) is 6.66. The van der Waals surface area contributed by atoms with Crippen molar-refractivity contribution >= 4 is 27.3 Å². The summed E-state index contributed by atoms with van der Waals surface area (Å²) >= 11 is 3.58. The van der Waals surface area contributed by atoms with Crippen LogP contribution in [-0.4, -0.2) is 13.6 Å². The number of halogens is 1.